The number of morpholine rings is 1. The summed E-state index contributed by atoms with van der Waals surface area (Å²) in [5.41, 5.74) is 7.65. The van der Waals surface area contributed by atoms with Gasteiger partial charge in [0.05, 0.1) is 28.8 Å². The molecule has 1 saturated heterocycles. The Hall–Kier alpha value is -3.21. The van der Waals surface area contributed by atoms with E-state index < -0.39 is 0 Å². The summed E-state index contributed by atoms with van der Waals surface area (Å²) in [6, 6.07) is 6.91. The van der Waals surface area contributed by atoms with Crippen LogP contribution in [-0.2, 0) is 4.74 Å². The monoisotopic (exact) mass is 457 g/mol. The molecule has 0 bridgehead atoms. The molecule has 1 fully saturated rings. The maximum atomic E-state index is 6.33. The quantitative estimate of drug-likeness (QED) is 0.422. The van der Waals surface area contributed by atoms with Crippen LogP contribution in [0.1, 0.15) is 0 Å². The van der Waals surface area contributed by atoms with Crippen LogP contribution in [0, 0.1) is 0 Å². The fourth-order valence-electron chi connectivity index (χ4n) is 3.31. The van der Waals surface area contributed by atoms with Crippen molar-refractivity contribution < 1.29 is 4.74 Å². The van der Waals surface area contributed by atoms with Crippen molar-refractivity contribution in [1.82, 2.24) is 29.9 Å². The van der Waals surface area contributed by atoms with Gasteiger partial charge < -0.3 is 25.7 Å². The van der Waals surface area contributed by atoms with Gasteiger partial charge in [0.2, 0.25) is 5.95 Å². The molecule has 0 spiro atoms. The number of nitrogen functional groups attached to an aromatic ring is 1. The van der Waals surface area contributed by atoms with E-state index in [1.54, 1.807) is 24.3 Å². The van der Waals surface area contributed by atoms with Gasteiger partial charge in [-0.3, -0.25) is 0 Å². The van der Waals surface area contributed by atoms with E-state index >= 15 is 0 Å². The molecule has 1 aliphatic rings. The van der Waals surface area contributed by atoms with Crippen LogP contribution in [0.25, 0.3) is 22.6 Å². The van der Waals surface area contributed by atoms with Crippen molar-refractivity contribution in [2.75, 3.05) is 42.3 Å². The van der Waals surface area contributed by atoms with E-state index in [0.29, 0.717) is 82.3 Å². The highest BCUT2D eigenvalue weighted by molar-refractivity contribution is 6.39. The van der Waals surface area contributed by atoms with Gasteiger partial charge in [-0.25, -0.2) is 15.0 Å². The number of aromatic nitrogens is 6. The largest absolute Gasteiger partial charge is 0.383 e. The maximum Gasteiger partial charge on any atom is 0.229 e. The molecule has 0 saturated carbocycles. The second-order valence-corrected chi connectivity index (χ2v) is 7.62. The predicted molar refractivity (Wildman–Crippen MR) is 120 cm³/mol. The summed E-state index contributed by atoms with van der Waals surface area (Å²) in [7, 11) is 0. The Morgan fingerprint density at radius 2 is 1.84 bits per heavy atom. The second kappa shape index (κ2) is 8.14. The number of hydrogen-bond donors (Lipinski definition) is 3. The zero-order valence-electron chi connectivity index (χ0n) is 16.1. The summed E-state index contributed by atoms with van der Waals surface area (Å²) in [6.45, 7) is 2.64. The third-order valence-corrected chi connectivity index (χ3v) is 5.39. The van der Waals surface area contributed by atoms with E-state index in [4.69, 9.17) is 33.7 Å². The number of fused-ring (bicyclic) bond motifs is 1. The molecular formula is C19H17Cl2N9O. The molecule has 1 aliphatic heterocycles. The zero-order chi connectivity index (χ0) is 21.4. The number of H-pyrrole nitrogens is 1. The lowest BCUT2D eigenvalue weighted by Gasteiger charge is -2.27. The Morgan fingerprint density at radius 3 is 2.61 bits per heavy atom. The molecule has 0 aliphatic carbocycles. The summed E-state index contributed by atoms with van der Waals surface area (Å²) < 4.78 is 5.39. The lowest BCUT2D eigenvalue weighted by molar-refractivity contribution is 0.122. The molecular weight excluding hydrogens is 441 g/mol. The first-order chi connectivity index (χ1) is 15.1. The molecule has 0 amide bonds. The Labute approximate surface area is 186 Å². The van der Waals surface area contributed by atoms with Crippen molar-refractivity contribution in [2.24, 2.45) is 0 Å². The summed E-state index contributed by atoms with van der Waals surface area (Å²) in [6.07, 6.45) is 1.41. The number of nitrogens with one attached hydrogen (secondary N) is 2. The van der Waals surface area contributed by atoms with Crippen molar-refractivity contribution in [3.8, 4) is 11.4 Å². The summed E-state index contributed by atoms with van der Waals surface area (Å²) in [5.74, 6) is 2.35. The Balaban J connectivity index is 1.51. The van der Waals surface area contributed by atoms with Gasteiger partial charge in [0.1, 0.15) is 29.3 Å². The number of benzene rings is 1. The molecule has 5 rings (SSSR count). The van der Waals surface area contributed by atoms with Crippen molar-refractivity contribution in [3.63, 3.8) is 0 Å². The van der Waals surface area contributed by atoms with Crippen LogP contribution >= 0.6 is 23.2 Å². The SMILES string of the molecule is Nc1cc(Nc2ncnc3nc(-c4c(Cl)cccc4Cl)[nH]c23)nc(N2CCOCC2)n1. The first-order valence-corrected chi connectivity index (χ1v) is 10.2. The van der Waals surface area contributed by atoms with Crippen LogP contribution in [-0.4, -0.2) is 56.2 Å². The number of aromatic amines is 1. The van der Waals surface area contributed by atoms with Crippen LogP contribution in [0.2, 0.25) is 10.0 Å². The van der Waals surface area contributed by atoms with Crippen molar-refractivity contribution in [1.29, 1.82) is 0 Å². The van der Waals surface area contributed by atoms with Gasteiger partial charge in [-0.2, -0.15) is 9.97 Å². The molecule has 0 atom stereocenters. The first-order valence-electron chi connectivity index (χ1n) is 9.48. The zero-order valence-corrected chi connectivity index (χ0v) is 17.7. The van der Waals surface area contributed by atoms with Gasteiger partial charge in [0, 0.05) is 19.2 Å². The van der Waals surface area contributed by atoms with Crippen molar-refractivity contribution in [3.05, 3.63) is 40.6 Å². The molecule has 0 unspecified atom stereocenters. The maximum absolute atomic E-state index is 6.33. The van der Waals surface area contributed by atoms with E-state index in [2.05, 4.69) is 35.2 Å². The average Bonchev–Trinajstić information content (AvgIpc) is 3.19. The minimum absolute atomic E-state index is 0.345. The third-order valence-electron chi connectivity index (χ3n) is 4.76. The van der Waals surface area contributed by atoms with Gasteiger partial charge in [-0.05, 0) is 12.1 Å². The van der Waals surface area contributed by atoms with E-state index in [9.17, 15) is 0 Å². The highest BCUT2D eigenvalue weighted by Gasteiger charge is 2.18. The molecule has 4 aromatic rings. The molecule has 3 aromatic heterocycles. The fraction of sp³-hybridized carbons (Fsp3) is 0.211. The smallest absolute Gasteiger partial charge is 0.229 e. The number of nitrogens with zero attached hydrogens (tertiary/aromatic N) is 6. The molecule has 12 heteroatoms. The highest BCUT2D eigenvalue weighted by atomic mass is 35.5. The number of halogens is 2. The summed E-state index contributed by atoms with van der Waals surface area (Å²) in [4.78, 5) is 27.2. The summed E-state index contributed by atoms with van der Waals surface area (Å²) >= 11 is 12.7. The number of ether oxygens (including phenoxy) is 1. The number of rotatable bonds is 4. The van der Waals surface area contributed by atoms with Gasteiger partial charge >= 0.3 is 0 Å². The second-order valence-electron chi connectivity index (χ2n) is 6.81. The number of imidazole rings is 1. The summed E-state index contributed by atoms with van der Waals surface area (Å²) in [5, 5.41) is 4.14. The molecule has 0 radical (unpaired) electrons. The van der Waals surface area contributed by atoms with Crippen LogP contribution in [0.15, 0.2) is 30.6 Å². The predicted octanol–water partition coefficient (Wildman–Crippen LogP) is 3.28. The normalized spacial score (nSPS) is 14.2. The minimum atomic E-state index is 0.345. The van der Waals surface area contributed by atoms with Gasteiger partial charge in [0.15, 0.2) is 11.5 Å². The molecule has 158 valence electrons. The Kier molecular flexibility index (Phi) is 5.18. The van der Waals surface area contributed by atoms with E-state index in [0.717, 1.165) is 0 Å². The molecule has 1 aromatic carbocycles. The van der Waals surface area contributed by atoms with E-state index in [1.165, 1.54) is 6.33 Å². The standard InChI is InChI=1S/C19H17Cl2N9O/c20-10-2-1-3-11(21)14(10)16-28-15-17(23-9-24-18(15)29-16)26-13-8-12(22)25-19(27-13)30-4-6-31-7-5-30/h1-3,8-9H,4-7H2,(H4,22,23,24,25,26,27,28,29). The van der Waals surface area contributed by atoms with Crippen LogP contribution < -0.4 is 16.0 Å². The fourth-order valence-corrected chi connectivity index (χ4v) is 3.89. The molecule has 4 N–H and O–H groups in total. The van der Waals surface area contributed by atoms with Crippen molar-refractivity contribution >= 4 is 57.8 Å². The number of anilines is 4. The van der Waals surface area contributed by atoms with Crippen molar-refractivity contribution in [2.45, 2.75) is 0 Å². The Bertz CT molecular complexity index is 1240. The topological polar surface area (TPSA) is 131 Å². The highest BCUT2D eigenvalue weighted by Crippen LogP contribution is 2.34. The number of nitrogens with two attached hydrogens (primary N) is 1. The van der Waals surface area contributed by atoms with Gasteiger partial charge in [-0.1, -0.05) is 29.3 Å². The molecule has 10 nitrogen and oxygen atoms in total. The molecule has 31 heavy (non-hydrogen) atoms. The van der Waals surface area contributed by atoms with Gasteiger partial charge in [0.25, 0.3) is 0 Å². The minimum Gasteiger partial charge on any atom is -0.383 e. The van der Waals surface area contributed by atoms with E-state index in [-0.39, 0.29) is 0 Å². The first kappa shape index (κ1) is 19.7. The van der Waals surface area contributed by atoms with Crippen LogP contribution in [0.5, 0.6) is 0 Å². The molecule has 4 heterocycles. The Morgan fingerprint density at radius 1 is 1.06 bits per heavy atom. The van der Waals surface area contributed by atoms with E-state index in [1.807, 2.05) is 4.90 Å². The third kappa shape index (κ3) is 3.92. The average molecular weight is 458 g/mol. The lowest BCUT2D eigenvalue weighted by Crippen LogP contribution is -2.37. The van der Waals surface area contributed by atoms with Crippen LogP contribution in [0.4, 0.5) is 23.4 Å². The number of hydrogen-bond acceptors (Lipinski definition) is 9. The lowest BCUT2D eigenvalue weighted by atomic mass is 10.2. The van der Waals surface area contributed by atoms with Crippen LogP contribution in [0.3, 0.4) is 0 Å². The van der Waals surface area contributed by atoms with Gasteiger partial charge in [-0.15, -0.1) is 0 Å².